The smallest absolute Gasteiger partial charge is 0.267 e. The summed E-state index contributed by atoms with van der Waals surface area (Å²) < 4.78 is 51.9. The monoisotopic (exact) mass is 893 g/mol. The number of aromatic amines is 1. The Morgan fingerprint density at radius 2 is 1.76 bits per heavy atom. The van der Waals surface area contributed by atoms with E-state index in [1.807, 2.05) is 36.4 Å². The van der Waals surface area contributed by atoms with Crippen LogP contribution in [0.1, 0.15) is 61.9 Å². The van der Waals surface area contributed by atoms with Gasteiger partial charge >= 0.3 is 0 Å². The van der Waals surface area contributed by atoms with E-state index >= 15 is 4.39 Å². The van der Waals surface area contributed by atoms with Crippen molar-refractivity contribution in [2.45, 2.75) is 56.5 Å². The van der Waals surface area contributed by atoms with Gasteiger partial charge in [0.05, 0.1) is 33.5 Å². The molecule has 0 bridgehead atoms. The van der Waals surface area contributed by atoms with Crippen molar-refractivity contribution in [2.24, 2.45) is 10.6 Å². The molecule has 328 valence electrons. The second-order valence-electron chi connectivity index (χ2n) is 17.6. The highest BCUT2D eigenvalue weighted by Crippen LogP contribution is 2.43. The van der Waals surface area contributed by atoms with E-state index < -0.39 is 21.6 Å². The minimum absolute atomic E-state index is 0.0544. The highest BCUT2D eigenvalue weighted by Gasteiger charge is 2.33. The summed E-state index contributed by atoms with van der Waals surface area (Å²) in [4.78, 5) is 38.3. The van der Waals surface area contributed by atoms with E-state index in [9.17, 15) is 18.1 Å². The minimum atomic E-state index is -4.52. The number of nitrogens with one attached hydrogen (secondary N) is 3. The van der Waals surface area contributed by atoms with Gasteiger partial charge in [-0.25, -0.2) is 27.2 Å². The fourth-order valence-electron chi connectivity index (χ4n) is 8.91. The Labute approximate surface area is 369 Å². The Morgan fingerprint density at radius 3 is 2.52 bits per heavy atom. The van der Waals surface area contributed by atoms with Crippen molar-refractivity contribution >= 4 is 72.2 Å². The van der Waals surface area contributed by atoms with E-state index in [4.69, 9.17) is 21.3 Å². The summed E-state index contributed by atoms with van der Waals surface area (Å²) in [7, 11) is -4.52. The molecule has 6 aromatic rings. The normalized spacial score (nSPS) is 18.2. The highest BCUT2D eigenvalue weighted by atomic mass is 35.5. The number of carbonyl (C=O) groups is 1. The van der Waals surface area contributed by atoms with Gasteiger partial charge in [0, 0.05) is 87.6 Å². The predicted molar refractivity (Wildman–Crippen MR) is 244 cm³/mol. The lowest BCUT2D eigenvalue weighted by Gasteiger charge is -2.39. The van der Waals surface area contributed by atoms with Crippen LogP contribution in [-0.4, -0.2) is 97.1 Å². The van der Waals surface area contributed by atoms with E-state index in [-0.39, 0.29) is 59.8 Å². The number of nitrogens with zero attached hydrogens (tertiary/aromatic N) is 6. The minimum Gasteiger partial charge on any atom is -0.381 e. The number of halogens is 2. The van der Waals surface area contributed by atoms with Crippen LogP contribution in [0.4, 0.5) is 21.5 Å². The van der Waals surface area contributed by atoms with Crippen molar-refractivity contribution in [2.75, 3.05) is 62.7 Å². The average Bonchev–Trinajstić information content (AvgIpc) is 3.92. The lowest BCUT2D eigenvalue weighted by Crippen LogP contribution is -2.47. The first-order valence-electron chi connectivity index (χ1n) is 21.2. The number of hydrogen-bond donors (Lipinski definition) is 3. The molecule has 3 aliphatic rings. The number of allylic oxidation sites excluding steroid dienone is 1. The third kappa shape index (κ3) is 9.08. The van der Waals surface area contributed by atoms with Gasteiger partial charge in [-0.05, 0) is 102 Å². The molecular formula is C46H49ClFN9O5S. The molecule has 2 fully saturated rings. The van der Waals surface area contributed by atoms with Crippen LogP contribution in [0.15, 0.2) is 101 Å². The lowest BCUT2D eigenvalue weighted by molar-refractivity contribution is -0.00115. The van der Waals surface area contributed by atoms with Gasteiger partial charge in [0.15, 0.2) is 0 Å². The number of carbonyl (C=O) groups excluding carboxylic acids is 1. The Balaban J connectivity index is 0.970. The molecule has 2 aliphatic heterocycles. The second kappa shape index (κ2) is 17.1. The third-order valence-electron chi connectivity index (χ3n) is 12.6. The molecular weight excluding hydrogens is 845 g/mol. The van der Waals surface area contributed by atoms with Crippen molar-refractivity contribution in [1.82, 2.24) is 29.4 Å². The molecule has 17 heteroatoms. The molecule has 0 radical (unpaired) electrons. The molecule has 1 aliphatic carbocycles. The molecule has 3 aromatic carbocycles. The largest absolute Gasteiger partial charge is 0.381 e. The molecule has 9 rings (SSSR count). The number of alkyl halides is 1. The van der Waals surface area contributed by atoms with Gasteiger partial charge in [0.2, 0.25) is 0 Å². The third-order valence-corrected chi connectivity index (χ3v) is 14.2. The molecule has 3 aromatic heterocycles. The van der Waals surface area contributed by atoms with Crippen molar-refractivity contribution < 1.29 is 22.3 Å². The number of fused-ring (bicyclic) bond motifs is 2. The number of sulfonamides is 1. The summed E-state index contributed by atoms with van der Waals surface area (Å²) in [5.41, 5.74) is 5.89. The van der Waals surface area contributed by atoms with Crippen molar-refractivity contribution in [3.05, 3.63) is 112 Å². The zero-order chi connectivity index (χ0) is 43.9. The molecule has 3 N–H and O–H groups in total. The van der Waals surface area contributed by atoms with Crippen molar-refractivity contribution in [1.29, 1.82) is 0 Å². The van der Waals surface area contributed by atoms with Crippen LogP contribution in [0.2, 0.25) is 5.02 Å². The summed E-state index contributed by atoms with van der Waals surface area (Å²) in [5, 5.41) is 12.1. The number of benzene rings is 3. The van der Waals surface area contributed by atoms with Gasteiger partial charge in [0.25, 0.3) is 15.9 Å². The molecule has 0 saturated carbocycles. The van der Waals surface area contributed by atoms with Gasteiger partial charge in [-0.3, -0.25) is 9.69 Å². The summed E-state index contributed by atoms with van der Waals surface area (Å²) in [5.74, 6) is -0.900. The maximum absolute atomic E-state index is 15.2. The van der Waals surface area contributed by atoms with Crippen LogP contribution >= 0.6 is 11.6 Å². The SMILES string of the molecule is CC1(C)CCC(CN2CCN(c3ccc(C(=O)NS(=O)(=O)c4ccc(NCC5(F)CCOCC5)c(N=O)c4)c(-n4ncc5nc6[nH]ccc6cc54)c3)CC2)=C(c2ccc(Cl)cc2)C1. The summed E-state index contributed by atoms with van der Waals surface area (Å²) in [6.45, 7) is 9.14. The Hall–Kier alpha value is -5.68. The van der Waals surface area contributed by atoms with E-state index in [2.05, 4.69) is 61.1 Å². The maximum Gasteiger partial charge on any atom is 0.267 e. The lowest BCUT2D eigenvalue weighted by atomic mass is 9.72. The number of H-pyrrole nitrogens is 1. The van der Waals surface area contributed by atoms with Crippen LogP contribution in [0, 0.1) is 10.3 Å². The number of hydrogen-bond acceptors (Lipinski definition) is 11. The zero-order valence-corrected chi connectivity index (χ0v) is 36.7. The fourth-order valence-corrected chi connectivity index (χ4v) is 10.0. The molecule has 2 saturated heterocycles. The van der Waals surface area contributed by atoms with Gasteiger partial charge in [0.1, 0.15) is 22.5 Å². The average molecular weight is 894 g/mol. The number of nitroso groups, excluding NO2 is 1. The number of anilines is 2. The van der Waals surface area contributed by atoms with Crippen LogP contribution in [-0.2, 0) is 14.8 Å². The number of pyridine rings is 1. The Kier molecular flexibility index (Phi) is 11.6. The molecule has 1 amide bonds. The van der Waals surface area contributed by atoms with E-state index in [1.54, 1.807) is 23.1 Å². The second-order valence-corrected chi connectivity index (χ2v) is 19.7. The molecule has 14 nitrogen and oxygen atoms in total. The van der Waals surface area contributed by atoms with Gasteiger partial charge in [-0.2, -0.15) is 5.10 Å². The standard InChI is InChI=1S/C46H49ClFN9O5S/c1-45(2)13-11-32(37(26-45)30-3-5-33(47)6-4-30)28-55-17-19-56(20-18-55)34-7-9-36(41(24-34)57-42-23-31-12-16-49-43(31)52-40(42)27-51-57)44(58)54-63(60,61)35-8-10-38(39(25-35)53-59)50-29-46(48)14-21-62-22-15-46/h3-10,12,16,23-25,27,50H,11,13-15,17-22,26,28-29H2,1-2H3,(H,49,52)(H,54,58). The predicted octanol–water partition coefficient (Wildman–Crippen LogP) is 8.79. The zero-order valence-electron chi connectivity index (χ0n) is 35.2. The van der Waals surface area contributed by atoms with Crippen LogP contribution in [0.3, 0.4) is 0 Å². The van der Waals surface area contributed by atoms with Gasteiger partial charge in [-0.15, -0.1) is 4.91 Å². The van der Waals surface area contributed by atoms with Crippen molar-refractivity contribution in [3.63, 3.8) is 0 Å². The first-order chi connectivity index (χ1) is 30.3. The quantitative estimate of drug-likeness (QED) is 0.101. The van der Waals surface area contributed by atoms with Gasteiger partial charge in [-0.1, -0.05) is 43.2 Å². The molecule has 5 heterocycles. The molecule has 63 heavy (non-hydrogen) atoms. The summed E-state index contributed by atoms with van der Waals surface area (Å²) >= 11 is 6.25. The first kappa shape index (κ1) is 42.6. The van der Waals surface area contributed by atoms with Crippen LogP contribution in [0.5, 0.6) is 0 Å². The van der Waals surface area contributed by atoms with Crippen LogP contribution < -0.4 is 14.9 Å². The fraction of sp³-hybridized carbons (Fsp3) is 0.370. The highest BCUT2D eigenvalue weighted by molar-refractivity contribution is 7.90. The topological polar surface area (TPSA) is 167 Å². The summed E-state index contributed by atoms with van der Waals surface area (Å²) in [6, 6.07) is 20.9. The van der Waals surface area contributed by atoms with E-state index in [0.717, 1.165) is 74.1 Å². The number of amides is 1. The van der Waals surface area contributed by atoms with E-state index in [1.165, 1.54) is 28.8 Å². The molecule has 0 atom stereocenters. The number of piperazine rings is 1. The number of rotatable bonds is 12. The number of aromatic nitrogens is 4. The van der Waals surface area contributed by atoms with E-state index in [0.29, 0.717) is 22.4 Å². The van der Waals surface area contributed by atoms with Gasteiger partial charge < -0.3 is 19.9 Å². The first-order valence-corrected chi connectivity index (χ1v) is 23.1. The summed E-state index contributed by atoms with van der Waals surface area (Å²) in [6.07, 6.45) is 6.97. The Morgan fingerprint density at radius 1 is 0.984 bits per heavy atom. The molecule has 0 spiro atoms. The molecule has 0 unspecified atom stereocenters. The van der Waals surface area contributed by atoms with Crippen LogP contribution in [0.25, 0.3) is 33.3 Å². The number of ether oxygens (including phenoxy) is 1. The van der Waals surface area contributed by atoms with Crippen molar-refractivity contribution in [3.8, 4) is 5.69 Å². The maximum atomic E-state index is 15.2. The Bertz CT molecular complexity index is 2850.